The number of fused-ring (bicyclic) bond motifs is 1. The van der Waals surface area contributed by atoms with E-state index in [0.29, 0.717) is 91.3 Å². The zero-order valence-corrected chi connectivity index (χ0v) is 32.4. The molecule has 0 aliphatic carbocycles. The molecular weight excluding hydrogens is 715 g/mol. The molecule has 6 rings (SSSR count). The normalized spacial score (nSPS) is 17.5. The molecule has 0 bridgehead atoms. The molecule has 2 aromatic heterocycles. The number of nitrogens with zero attached hydrogens (tertiary/aromatic N) is 6. The second-order valence-electron chi connectivity index (χ2n) is 15.9. The number of rotatable bonds is 9. The van der Waals surface area contributed by atoms with Gasteiger partial charge in [-0.15, -0.1) is 0 Å². The van der Waals surface area contributed by atoms with Gasteiger partial charge >= 0.3 is 18.3 Å². The molecule has 3 fully saturated rings. The fourth-order valence-corrected chi connectivity index (χ4v) is 7.70. The number of alkyl halides is 3. The predicted molar refractivity (Wildman–Crippen MR) is 205 cm³/mol. The number of carbonyl (C=O) groups is 2. The molecule has 3 saturated heterocycles. The first kappa shape index (κ1) is 39.6. The van der Waals surface area contributed by atoms with Crippen molar-refractivity contribution in [1.82, 2.24) is 30.0 Å². The Bertz CT molecular complexity index is 1990. The van der Waals surface area contributed by atoms with E-state index in [4.69, 9.17) is 24.2 Å². The highest BCUT2D eigenvalue weighted by molar-refractivity contribution is 6.03. The van der Waals surface area contributed by atoms with Gasteiger partial charge in [-0.1, -0.05) is 24.8 Å². The number of carbonyl (C=O) groups excluding carboxylic acids is 2. The third-order valence-corrected chi connectivity index (χ3v) is 10.4. The molecule has 3 aliphatic rings. The summed E-state index contributed by atoms with van der Waals surface area (Å²) in [5.74, 6) is 0.396. The zero-order chi connectivity index (χ0) is 39.9. The van der Waals surface area contributed by atoms with E-state index in [1.807, 2.05) is 40.7 Å². The van der Waals surface area contributed by atoms with Crippen molar-refractivity contribution in [3.05, 3.63) is 53.4 Å². The lowest BCUT2D eigenvalue weighted by Crippen LogP contribution is -2.62. The quantitative estimate of drug-likeness (QED) is 0.234. The van der Waals surface area contributed by atoms with Crippen molar-refractivity contribution < 1.29 is 37.0 Å². The van der Waals surface area contributed by atoms with Gasteiger partial charge in [0.2, 0.25) is 5.91 Å². The number of hydrogen-bond donors (Lipinski definition) is 1. The Labute approximate surface area is 319 Å². The van der Waals surface area contributed by atoms with Crippen LogP contribution in [0.3, 0.4) is 0 Å². The lowest BCUT2D eigenvalue weighted by Gasteiger charge is -2.53. The topological polar surface area (TPSA) is 126 Å². The molecule has 1 aromatic carbocycles. The number of benzene rings is 1. The van der Waals surface area contributed by atoms with Crippen LogP contribution in [0.2, 0.25) is 0 Å². The average Bonchev–Trinajstić information content (AvgIpc) is 3.57. The number of aromatic amines is 1. The first-order valence-corrected chi connectivity index (χ1v) is 18.6. The summed E-state index contributed by atoms with van der Waals surface area (Å²) in [5.41, 5.74) is 2.97. The van der Waals surface area contributed by atoms with Gasteiger partial charge in [0.15, 0.2) is 12.4 Å². The smallest absolute Gasteiger partial charge is 0.422 e. The van der Waals surface area contributed by atoms with Crippen LogP contribution in [0.15, 0.2) is 31.0 Å². The average molecular weight is 766 g/mol. The zero-order valence-electron chi connectivity index (χ0n) is 32.4. The first-order chi connectivity index (χ1) is 25.9. The molecule has 15 heteroatoms. The molecular formula is C40H50F3N7O5. The summed E-state index contributed by atoms with van der Waals surface area (Å²) < 4.78 is 59.8. The van der Waals surface area contributed by atoms with E-state index >= 15 is 0 Å². The van der Waals surface area contributed by atoms with Crippen molar-refractivity contribution in [3.8, 4) is 11.8 Å². The van der Waals surface area contributed by atoms with Crippen LogP contribution in [0, 0.1) is 5.41 Å². The van der Waals surface area contributed by atoms with Crippen LogP contribution in [0.1, 0.15) is 89.6 Å². The Morgan fingerprint density at radius 3 is 2.24 bits per heavy atom. The van der Waals surface area contributed by atoms with Crippen molar-refractivity contribution in [2.45, 2.75) is 85.1 Å². The van der Waals surface area contributed by atoms with Gasteiger partial charge < -0.3 is 28.9 Å². The molecule has 55 heavy (non-hydrogen) atoms. The van der Waals surface area contributed by atoms with Crippen LogP contribution in [0.4, 0.5) is 23.8 Å². The highest BCUT2D eigenvalue weighted by Crippen LogP contribution is 2.47. The van der Waals surface area contributed by atoms with E-state index in [9.17, 15) is 22.8 Å². The van der Waals surface area contributed by atoms with Gasteiger partial charge in [-0.05, 0) is 70.7 Å². The lowest BCUT2D eigenvalue weighted by molar-refractivity contribution is -0.153. The fourth-order valence-electron chi connectivity index (χ4n) is 7.70. The number of H-pyrrole nitrogens is 1. The number of nitrogens with one attached hydrogen (secondary N) is 1. The van der Waals surface area contributed by atoms with Crippen LogP contribution < -0.4 is 14.4 Å². The Morgan fingerprint density at radius 2 is 1.67 bits per heavy atom. The van der Waals surface area contributed by atoms with E-state index in [-0.39, 0.29) is 40.8 Å². The molecule has 0 atom stereocenters. The van der Waals surface area contributed by atoms with Crippen LogP contribution >= 0.6 is 0 Å². The minimum Gasteiger partial charge on any atom is -0.481 e. The lowest BCUT2D eigenvalue weighted by atomic mass is 9.72. The second-order valence-corrected chi connectivity index (χ2v) is 15.9. The van der Waals surface area contributed by atoms with Gasteiger partial charge in [0.25, 0.3) is 0 Å². The molecule has 3 aromatic rings. The third-order valence-electron chi connectivity index (χ3n) is 10.4. The van der Waals surface area contributed by atoms with Crippen LogP contribution in [-0.2, 0) is 9.53 Å². The van der Waals surface area contributed by atoms with Crippen molar-refractivity contribution in [2.75, 3.05) is 50.8 Å². The van der Waals surface area contributed by atoms with Gasteiger partial charge in [0.05, 0.1) is 11.9 Å². The molecule has 0 saturated carbocycles. The van der Waals surface area contributed by atoms with E-state index in [1.54, 1.807) is 28.1 Å². The number of anilines is 1. The van der Waals surface area contributed by atoms with Crippen molar-refractivity contribution in [3.63, 3.8) is 0 Å². The standard InChI is InChI=1S/C40H50F3N7O5/c1-9-26-19-28-33(34(53-23-40(41,42)43)32(26)31(24(3)4)29-20-44-47-30(29)10-2)45-36(54-27-11-15-48(16-12-27)25(5)51)46-35(28)49-17-13-39(14-18-49)21-50(22-39)37(52)55-38(6,7)8/h9-10,19-20,27H,1-2,11-18,21-23H2,3-8H3,(H,44,47). The molecule has 1 N–H and O–H groups in total. The number of allylic oxidation sites excluding steroid dienone is 1. The van der Waals surface area contributed by atoms with Crippen LogP contribution in [-0.4, -0.2) is 106 Å². The van der Waals surface area contributed by atoms with E-state index < -0.39 is 18.4 Å². The highest BCUT2D eigenvalue weighted by atomic mass is 19.4. The summed E-state index contributed by atoms with van der Waals surface area (Å²) in [4.78, 5) is 40.0. The molecule has 0 radical (unpaired) electrons. The van der Waals surface area contributed by atoms with Gasteiger partial charge in [0.1, 0.15) is 23.0 Å². The van der Waals surface area contributed by atoms with Gasteiger partial charge in [0, 0.05) is 81.0 Å². The van der Waals surface area contributed by atoms with E-state index in [0.717, 1.165) is 18.4 Å². The summed E-state index contributed by atoms with van der Waals surface area (Å²) in [6.07, 6.45) is 2.09. The summed E-state index contributed by atoms with van der Waals surface area (Å²) in [6.45, 7) is 20.5. The number of halogens is 3. The number of piperidine rings is 2. The monoisotopic (exact) mass is 765 g/mol. The van der Waals surface area contributed by atoms with Crippen LogP contribution in [0.25, 0.3) is 28.6 Å². The molecule has 1 spiro atoms. The first-order valence-electron chi connectivity index (χ1n) is 18.6. The molecule has 3 aliphatic heterocycles. The summed E-state index contributed by atoms with van der Waals surface area (Å²) in [5, 5.41) is 7.59. The van der Waals surface area contributed by atoms with Crippen LogP contribution in [0.5, 0.6) is 11.8 Å². The minimum absolute atomic E-state index is 0.00631. The van der Waals surface area contributed by atoms with Gasteiger partial charge in [-0.3, -0.25) is 9.89 Å². The summed E-state index contributed by atoms with van der Waals surface area (Å²) in [7, 11) is 0. The molecule has 12 nitrogen and oxygen atoms in total. The number of aromatic nitrogens is 4. The molecule has 296 valence electrons. The highest BCUT2D eigenvalue weighted by Gasteiger charge is 2.48. The minimum atomic E-state index is -4.65. The third kappa shape index (κ3) is 8.60. The Kier molecular flexibility index (Phi) is 11.0. The maximum Gasteiger partial charge on any atom is 0.422 e. The second kappa shape index (κ2) is 15.2. The van der Waals surface area contributed by atoms with Crippen molar-refractivity contribution in [2.24, 2.45) is 5.41 Å². The summed E-state index contributed by atoms with van der Waals surface area (Å²) in [6, 6.07) is 1.85. The van der Waals surface area contributed by atoms with Crippen molar-refractivity contribution >= 4 is 46.4 Å². The maximum absolute atomic E-state index is 14.0. The number of ether oxygens (including phenoxy) is 3. The molecule has 0 unspecified atom stereocenters. The van der Waals surface area contributed by atoms with Gasteiger partial charge in [-0.25, -0.2) is 4.79 Å². The molecule has 5 heterocycles. The number of hydrogen-bond acceptors (Lipinski definition) is 9. The SMILES string of the molecule is C=Cc1cc2c(N3CCC4(CC3)CN(C(=O)OC(C)(C)C)C4)nc(OC3CCN(C(C)=O)CC3)nc2c(OCC(F)(F)F)c1C(=C(C)C)c1cn[nH]c1C=C. The Hall–Kier alpha value is -5.08. The fraction of sp³-hybridized carbons (Fsp3) is 0.525. The van der Waals surface area contributed by atoms with Gasteiger partial charge in [-0.2, -0.15) is 28.2 Å². The Morgan fingerprint density at radius 1 is 1.00 bits per heavy atom. The maximum atomic E-state index is 14.0. The van der Waals surface area contributed by atoms with Crippen molar-refractivity contribution in [1.29, 1.82) is 0 Å². The van der Waals surface area contributed by atoms with E-state index in [2.05, 4.69) is 28.3 Å². The largest absolute Gasteiger partial charge is 0.481 e. The predicted octanol–water partition coefficient (Wildman–Crippen LogP) is 7.65. The number of amides is 2. The Balaban J connectivity index is 1.45. The summed E-state index contributed by atoms with van der Waals surface area (Å²) >= 11 is 0. The molecule has 2 amide bonds. The van der Waals surface area contributed by atoms with E-state index in [1.165, 1.54) is 6.92 Å². The number of likely N-dealkylation sites (tertiary alicyclic amines) is 2.